The molecule has 1 aliphatic rings. The van der Waals surface area contributed by atoms with E-state index in [1.165, 1.54) is 0 Å². The normalized spacial score (nSPS) is 23.2. The molecule has 0 aliphatic carbocycles. The molecule has 1 heterocycles. The highest BCUT2D eigenvalue weighted by Gasteiger charge is 2.26. The second-order valence-corrected chi connectivity index (χ2v) is 5.23. The Kier molecular flexibility index (Phi) is 11.8. The van der Waals surface area contributed by atoms with Crippen LogP contribution in [0.1, 0.15) is 6.92 Å². The monoisotopic (exact) mass is 322 g/mol. The predicted octanol–water partition coefficient (Wildman–Crippen LogP) is 0.505. The molecule has 7 heteroatoms. The summed E-state index contributed by atoms with van der Waals surface area (Å²) in [6.07, 6.45) is 0. The third-order valence-corrected chi connectivity index (χ3v) is 3.04. The van der Waals surface area contributed by atoms with Crippen molar-refractivity contribution in [3.63, 3.8) is 0 Å². The maximum Gasteiger partial charge on any atom is 0.112 e. The van der Waals surface area contributed by atoms with Gasteiger partial charge >= 0.3 is 0 Å². The lowest BCUT2D eigenvalue weighted by Crippen LogP contribution is -2.41. The van der Waals surface area contributed by atoms with Gasteiger partial charge < -0.3 is 33.2 Å². The molecule has 0 atom stereocenters. The highest BCUT2D eigenvalue weighted by molar-refractivity contribution is 4.74. The standard InChI is InChI=1S/C15H30O7/c1-15(22-12-3-16-2)13-20-10-8-18-6-4-17-5-7-19-9-11-21-14-15/h3-14H2,1-2H3. The molecule has 0 radical (unpaired) electrons. The van der Waals surface area contributed by atoms with E-state index in [4.69, 9.17) is 33.2 Å². The fraction of sp³-hybridized carbons (Fsp3) is 1.00. The summed E-state index contributed by atoms with van der Waals surface area (Å²) >= 11 is 0. The second kappa shape index (κ2) is 13.2. The van der Waals surface area contributed by atoms with Crippen molar-refractivity contribution >= 4 is 0 Å². The molecule has 0 saturated carbocycles. The fourth-order valence-electron chi connectivity index (χ4n) is 1.85. The summed E-state index contributed by atoms with van der Waals surface area (Å²) in [5, 5.41) is 0. The minimum absolute atomic E-state index is 0.442. The molecule has 1 fully saturated rings. The van der Waals surface area contributed by atoms with Crippen LogP contribution in [0.15, 0.2) is 0 Å². The Morgan fingerprint density at radius 1 is 0.682 bits per heavy atom. The van der Waals surface area contributed by atoms with Gasteiger partial charge in [0.05, 0.1) is 79.3 Å². The van der Waals surface area contributed by atoms with Crippen LogP contribution in [0.25, 0.3) is 0 Å². The lowest BCUT2D eigenvalue weighted by Gasteiger charge is -2.29. The van der Waals surface area contributed by atoms with Crippen LogP contribution in [-0.4, -0.2) is 92.0 Å². The van der Waals surface area contributed by atoms with E-state index in [9.17, 15) is 0 Å². The van der Waals surface area contributed by atoms with Gasteiger partial charge in [0.2, 0.25) is 0 Å². The zero-order valence-corrected chi connectivity index (χ0v) is 13.8. The first-order chi connectivity index (χ1) is 10.8. The van der Waals surface area contributed by atoms with Gasteiger partial charge in [-0.2, -0.15) is 0 Å². The Bertz CT molecular complexity index is 234. The van der Waals surface area contributed by atoms with Gasteiger partial charge in [-0.3, -0.25) is 0 Å². The fourth-order valence-corrected chi connectivity index (χ4v) is 1.85. The Morgan fingerprint density at radius 3 is 1.50 bits per heavy atom. The van der Waals surface area contributed by atoms with Crippen LogP contribution >= 0.6 is 0 Å². The number of hydrogen-bond donors (Lipinski definition) is 0. The predicted molar refractivity (Wildman–Crippen MR) is 80.3 cm³/mol. The molecule has 0 unspecified atom stereocenters. The van der Waals surface area contributed by atoms with Gasteiger partial charge in [-0.15, -0.1) is 0 Å². The van der Waals surface area contributed by atoms with E-state index >= 15 is 0 Å². The van der Waals surface area contributed by atoms with E-state index in [0.717, 1.165) is 0 Å². The van der Waals surface area contributed by atoms with Gasteiger partial charge in [0, 0.05) is 7.11 Å². The largest absolute Gasteiger partial charge is 0.382 e. The molecule has 1 saturated heterocycles. The average Bonchev–Trinajstić information content (AvgIpc) is 2.50. The molecule has 0 aromatic carbocycles. The van der Waals surface area contributed by atoms with Crippen molar-refractivity contribution in [3.8, 4) is 0 Å². The minimum atomic E-state index is -0.501. The Hall–Kier alpha value is -0.280. The lowest BCUT2D eigenvalue weighted by atomic mass is 10.1. The van der Waals surface area contributed by atoms with Crippen molar-refractivity contribution in [2.24, 2.45) is 0 Å². The topological polar surface area (TPSA) is 64.6 Å². The molecule has 1 rings (SSSR count). The summed E-state index contributed by atoms with van der Waals surface area (Å²) in [6.45, 7) is 8.28. The van der Waals surface area contributed by atoms with Crippen LogP contribution < -0.4 is 0 Å². The van der Waals surface area contributed by atoms with Gasteiger partial charge in [-0.1, -0.05) is 0 Å². The molecular formula is C15H30O7. The zero-order valence-electron chi connectivity index (χ0n) is 13.8. The highest BCUT2D eigenvalue weighted by Crippen LogP contribution is 2.12. The Labute approximate surface area is 133 Å². The summed E-state index contributed by atoms with van der Waals surface area (Å²) in [4.78, 5) is 0. The van der Waals surface area contributed by atoms with Gasteiger partial charge in [0.15, 0.2) is 0 Å². The Morgan fingerprint density at radius 2 is 1.09 bits per heavy atom. The summed E-state index contributed by atoms with van der Waals surface area (Å²) in [5.41, 5.74) is -0.501. The first-order valence-corrected chi connectivity index (χ1v) is 7.78. The summed E-state index contributed by atoms with van der Waals surface area (Å²) in [7, 11) is 1.65. The number of rotatable bonds is 4. The second-order valence-electron chi connectivity index (χ2n) is 5.23. The molecule has 0 N–H and O–H groups in total. The van der Waals surface area contributed by atoms with Crippen molar-refractivity contribution in [2.45, 2.75) is 12.5 Å². The van der Waals surface area contributed by atoms with E-state index in [-0.39, 0.29) is 0 Å². The Balaban J connectivity index is 2.34. The molecule has 7 nitrogen and oxygen atoms in total. The molecule has 0 spiro atoms. The van der Waals surface area contributed by atoms with Crippen LogP contribution in [0.5, 0.6) is 0 Å². The van der Waals surface area contributed by atoms with E-state index in [2.05, 4.69) is 0 Å². The van der Waals surface area contributed by atoms with Gasteiger partial charge in [-0.05, 0) is 6.92 Å². The average molecular weight is 322 g/mol. The number of methoxy groups -OCH3 is 1. The molecule has 132 valence electrons. The first kappa shape index (κ1) is 19.8. The quantitative estimate of drug-likeness (QED) is 0.699. The van der Waals surface area contributed by atoms with E-state index in [1.807, 2.05) is 6.92 Å². The van der Waals surface area contributed by atoms with Crippen molar-refractivity contribution in [1.82, 2.24) is 0 Å². The molecular weight excluding hydrogens is 292 g/mol. The van der Waals surface area contributed by atoms with Crippen molar-refractivity contribution < 1.29 is 33.2 Å². The van der Waals surface area contributed by atoms with Crippen LogP contribution in [-0.2, 0) is 33.2 Å². The van der Waals surface area contributed by atoms with Crippen molar-refractivity contribution in [1.29, 1.82) is 0 Å². The summed E-state index contributed by atoms with van der Waals surface area (Å²) < 4.78 is 38.3. The molecule has 22 heavy (non-hydrogen) atoms. The van der Waals surface area contributed by atoms with Crippen molar-refractivity contribution in [3.05, 3.63) is 0 Å². The highest BCUT2D eigenvalue weighted by atomic mass is 16.6. The third kappa shape index (κ3) is 10.4. The molecule has 0 amide bonds. The minimum Gasteiger partial charge on any atom is -0.382 e. The van der Waals surface area contributed by atoms with E-state index in [1.54, 1.807) is 7.11 Å². The van der Waals surface area contributed by atoms with Crippen LogP contribution in [0, 0.1) is 0 Å². The first-order valence-electron chi connectivity index (χ1n) is 7.78. The maximum atomic E-state index is 5.84. The van der Waals surface area contributed by atoms with Crippen LogP contribution in [0.4, 0.5) is 0 Å². The zero-order chi connectivity index (χ0) is 15.9. The number of ether oxygens (including phenoxy) is 7. The van der Waals surface area contributed by atoms with Crippen LogP contribution in [0.3, 0.4) is 0 Å². The third-order valence-electron chi connectivity index (χ3n) is 3.04. The molecule has 1 aliphatic heterocycles. The summed E-state index contributed by atoms with van der Waals surface area (Å²) in [5.74, 6) is 0. The summed E-state index contributed by atoms with van der Waals surface area (Å²) in [6, 6.07) is 0. The smallest absolute Gasteiger partial charge is 0.112 e. The molecule has 0 bridgehead atoms. The van der Waals surface area contributed by atoms with Gasteiger partial charge in [0.1, 0.15) is 5.60 Å². The van der Waals surface area contributed by atoms with Crippen LogP contribution in [0.2, 0.25) is 0 Å². The van der Waals surface area contributed by atoms with Crippen molar-refractivity contribution in [2.75, 3.05) is 86.4 Å². The maximum absolute atomic E-state index is 5.84. The SMILES string of the molecule is COCCOC1(C)COCCOCCOCCOCCOC1. The van der Waals surface area contributed by atoms with E-state index in [0.29, 0.717) is 79.3 Å². The lowest BCUT2D eigenvalue weighted by molar-refractivity contribution is -0.140. The van der Waals surface area contributed by atoms with E-state index < -0.39 is 5.60 Å². The number of hydrogen-bond acceptors (Lipinski definition) is 7. The molecule has 0 aromatic rings. The van der Waals surface area contributed by atoms with Gasteiger partial charge in [-0.25, -0.2) is 0 Å². The van der Waals surface area contributed by atoms with Gasteiger partial charge in [0.25, 0.3) is 0 Å². The molecule has 0 aromatic heterocycles.